The van der Waals surface area contributed by atoms with Gasteiger partial charge in [-0.25, -0.2) is 9.78 Å². The standard InChI is InChI=1S/C22H21N9O2.2C2H6/c32-13-23-8-2-10-31(19-4-1-3-16-15(19)12-25-30-16)20-7-9-24-21(29-20)26-14-5-6-17-18(11-14)28-22(33)27-17;2*1-2/h1,3-7,9,11-13H,2,8,10H2,(H,23,32)(H,25,30)(H,24,26,29)(H2,27,28,33);2*1-2H3. The first-order valence-corrected chi connectivity index (χ1v) is 12.4. The number of nitrogens with one attached hydrogen (secondary N) is 5. The third-order valence-electron chi connectivity index (χ3n) is 5.23. The molecule has 11 heteroatoms. The summed E-state index contributed by atoms with van der Waals surface area (Å²) >= 11 is 0. The first-order chi connectivity index (χ1) is 18.2. The lowest BCUT2D eigenvalue weighted by Gasteiger charge is -2.25. The highest BCUT2D eigenvalue weighted by molar-refractivity contribution is 5.93. The van der Waals surface area contributed by atoms with Crippen LogP contribution in [0, 0.1) is 0 Å². The molecule has 2 aromatic carbocycles. The predicted octanol–water partition coefficient (Wildman–Crippen LogP) is 4.59. The molecule has 194 valence electrons. The van der Waals surface area contributed by atoms with Crippen LogP contribution in [0.1, 0.15) is 34.1 Å². The van der Waals surface area contributed by atoms with Crippen molar-refractivity contribution >= 4 is 51.5 Å². The van der Waals surface area contributed by atoms with Gasteiger partial charge in [0.1, 0.15) is 5.82 Å². The van der Waals surface area contributed by atoms with Gasteiger partial charge < -0.3 is 25.5 Å². The summed E-state index contributed by atoms with van der Waals surface area (Å²) in [4.78, 5) is 38.8. The number of aromatic nitrogens is 6. The van der Waals surface area contributed by atoms with Gasteiger partial charge in [-0.15, -0.1) is 0 Å². The first kappa shape index (κ1) is 26.9. The highest BCUT2D eigenvalue weighted by Crippen LogP contribution is 2.31. The molecule has 1 amide bonds. The Balaban J connectivity index is 0.000000907. The molecule has 37 heavy (non-hydrogen) atoms. The summed E-state index contributed by atoms with van der Waals surface area (Å²) in [6.07, 6.45) is 4.89. The number of nitrogens with zero attached hydrogens (tertiary/aromatic N) is 4. The van der Waals surface area contributed by atoms with Gasteiger partial charge in [0.15, 0.2) is 0 Å². The Bertz CT molecular complexity index is 1470. The van der Waals surface area contributed by atoms with E-state index in [0.717, 1.165) is 34.2 Å². The minimum atomic E-state index is -0.256. The third kappa shape index (κ3) is 6.51. The molecule has 0 bridgehead atoms. The van der Waals surface area contributed by atoms with Crippen LogP contribution in [0.25, 0.3) is 21.9 Å². The average Bonchev–Trinajstić information content (AvgIpc) is 3.57. The molecule has 0 unspecified atom stereocenters. The van der Waals surface area contributed by atoms with Crippen LogP contribution in [0.4, 0.5) is 23.1 Å². The smallest absolute Gasteiger partial charge is 0.323 e. The zero-order chi connectivity index (χ0) is 26.6. The van der Waals surface area contributed by atoms with Gasteiger partial charge >= 0.3 is 5.69 Å². The van der Waals surface area contributed by atoms with Crippen molar-refractivity contribution in [3.63, 3.8) is 0 Å². The fourth-order valence-corrected chi connectivity index (χ4v) is 3.74. The van der Waals surface area contributed by atoms with Gasteiger partial charge in [-0.05, 0) is 42.8 Å². The monoisotopic (exact) mass is 503 g/mol. The van der Waals surface area contributed by atoms with Crippen LogP contribution in [0.5, 0.6) is 0 Å². The zero-order valence-electron chi connectivity index (χ0n) is 21.5. The Labute approximate surface area is 214 Å². The van der Waals surface area contributed by atoms with Gasteiger partial charge in [-0.1, -0.05) is 33.8 Å². The largest absolute Gasteiger partial charge is 0.359 e. The number of H-pyrrole nitrogens is 3. The molecular weight excluding hydrogens is 470 g/mol. The lowest BCUT2D eigenvalue weighted by Crippen LogP contribution is -2.24. The lowest BCUT2D eigenvalue weighted by atomic mass is 10.2. The van der Waals surface area contributed by atoms with Crippen molar-refractivity contribution in [3.05, 3.63) is 65.3 Å². The van der Waals surface area contributed by atoms with E-state index in [-0.39, 0.29) is 5.69 Å². The Morgan fingerprint density at radius 3 is 2.62 bits per heavy atom. The molecule has 0 aliphatic rings. The van der Waals surface area contributed by atoms with E-state index in [2.05, 4.69) is 40.7 Å². The van der Waals surface area contributed by atoms with Crippen molar-refractivity contribution in [3.8, 4) is 0 Å². The maximum absolute atomic E-state index is 11.5. The quantitative estimate of drug-likeness (QED) is 0.146. The van der Waals surface area contributed by atoms with Crippen molar-refractivity contribution in [2.24, 2.45) is 0 Å². The van der Waals surface area contributed by atoms with E-state index >= 15 is 0 Å². The lowest BCUT2D eigenvalue weighted by molar-refractivity contribution is -0.109. The van der Waals surface area contributed by atoms with Crippen LogP contribution in [0.2, 0.25) is 0 Å². The van der Waals surface area contributed by atoms with Crippen LogP contribution >= 0.6 is 0 Å². The fraction of sp³-hybridized carbons (Fsp3) is 0.269. The van der Waals surface area contributed by atoms with E-state index in [4.69, 9.17) is 4.98 Å². The maximum Gasteiger partial charge on any atom is 0.323 e. The number of rotatable bonds is 9. The molecular formula is C26H33N9O2. The van der Waals surface area contributed by atoms with Crippen molar-refractivity contribution in [1.82, 2.24) is 35.5 Å². The Kier molecular flexibility index (Phi) is 9.77. The molecule has 0 atom stereocenters. The van der Waals surface area contributed by atoms with Gasteiger partial charge in [0.25, 0.3) is 0 Å². The Morgan fingerprint density at radius 2 is 1.81 bits per heavy atom. The number of fused-ring (bicyclic) bond motifs is 2. The van der Waals surface area contributed by atoms with Crippen LogP contribution in [0.3, 0.4) is 0 Å². The Morgan fingerprint density at radius 1 is 1.00 bits per heavy atom. The zero-order valence-corrected chi connectivity index (χ0v) is 21.5. The van der Waals surface area contributed by atoms with Gasteiger partial charge in [0.2, 0.25) is 12.4 Å². The molecule has 3 aromatic heterocycles. The molecule has 3 heterocycles. The molecule has 0 fully saturated rings. The Hall–Kier alpha value is -4.67. The summed E-state index contributed by atoms with van der Waals surface area (Å²) in [5.74, 6) is 1.11. The molecule has 0 radical (unpaired) electrons. The van der Waals surface area contributed by atoms with Gasteiger partial charge in [0.05, 0.1) is 28.4 Å². The van der Waals surface area contributed by atoms with Gasteiger partial charge in [0, 0.05) is 30.4 Å². The fourth-order valence-electron chi connectivity index (χ4n) is 3.74. The van der Waals surface area contributed by atoms with Crippen LogP contribution in [0.15, 0.2) is 59.7 Å². The highest BCUT2D eigenvalue weighted by Gasteiger charge is 2.15. The van der Waals surface area contributed by atoms with E-state index in [1.54, 1.807) is 12.4 Å². The second kappa shape index (κ2) is 13.4. The van der Waals surface area contributed by atoms with Gasteiger partial charge in [-0.2, -0.15) is 10.1 Å². The summed E-state index contributed by atoms with van der Waals surface area (Å²) in [5.41, 5.74) is 3.77. The van der Waals surface area contributed by atoms with E-state index < -0.39 is 0 Å². The van der Waals surface area contributed by atoms with Crippen LogP contribution in [-0.4, -0.2) is 49.6 Å². The minimum Gasteiger partial charge on any atom is -0.359 e. The van der Waals surface area contributed by atoms with E-state index in [9.17, 15) is 9.59 Å². The first-order valence-electron chi connectivity index (χ1n) is 12.4. The maximum atomic E-state index is 11.5. The molecule has 0 spiro atoms. The van der Waals surface area contributed by atoms with E-state index in [1.807, 2.05) is 70.2 Å². The third-order valence-corrected chi connectivity index (χ3v) is 5.23. The number of anilines is 4. The predicted molar refractivity (Wildman–Crippen MR) is 149 cm³/mol. The molecule has 5 N–H and O–H groups in total. The second-order valence-corrected chi connectivity index (χ2v) is 7.39. The van der Waals surface area contributed by atoms with Crippen molar-refractivity contribution in [2.45, 2.75) is 34.1 Å². The number of carbonyl (C=O) groups is 1. The summed E-state index contributed by atoms with van der Waals surface area (Å²) in [6.45, 7) is 9.17. The summed E-state index contributed by atoms with van der Waals surface area (Å²) in [5, 5.41) is 14.0. The number of hydrogen-bond donors (Lipinski definition) is 5. The normalized spacial score (nSPS) is 10.2. The van der Waals surface area contributed by atoms with Crippen molar-refractivity contribution in [2.75, 3.05) is 23.3 Å². The summed E-state index contributed by atoms with van der Waals surface area (Å²) in [6, 6.07) is 13.2. The molecule has 5 rings (SSSR count). The van der Waals surface area contributed by atoms with E-state index in [0.29, 0.717) is 36.8 Å². The molecule has 0 aliphatic heterocycles. The van der Waals surface area contributed by atoms with Crippen molar-refractivity contribution < 1.29 is 4.79 Å². The number of amides is 1. The van der Waals surface area contributed by atoms with Crippen LogP contribution < -0.4 is 21.2 Å². The molecule has 5 aromatic rings. The summed E-state index contributed by atoms with van der Waals surface area (Å²) < 4.78 is 0. The molecule has 0 saturated heterocycles. The molecule has 0 saturated carbocycles. The number of benzene rings is 2. The average molecular weight is 504 g/mol. The minimum absolute atomic E-state index is 0.256. The van der Waals surface area contributed by atoms with E-state index in [1.165, 1.54) is 0 Å². The highest BCUT2D eigenvalue weighted by atomic mass is 16.1. The summed E-state index contributed by atoms with van der Waals surface area (Å²) in [7, 11) is 0. The topological polar surface area (TPSA) is 147 Å². The SMILES string of the molecule is CC.CC.O=CNCCCN(c1ccnc(Nc2ccc3[nH]c(=O)[nH]c3c2)n1)c1cccc2[nH]ncc12. The number of hydrogen-bond acceptors (Lipinski definition) is 7. The number of imidazole rings is 1. The van der Waals surface area contributed by atoms with Crippen molar-refractivity contribution in [1.29, 1.82) is 0 Å². The van der Waals surface area contributed by atoms with Crippen LogP contribution in [-0.2, 0) is 4.79 Å². The van der Waals surface area contributed by atoms with Gasteiger partial charge in [-0.3, -0.25) is 9.89 Å². The molecule has 0 aliphatic carbocycles. The molecule has 11 nitrogen and oxygen atoms in total. The number of aromatic amines is 3. The number of carbonyl (C=O) groups excluding carboxylic acids is 1. The second-order valence-electron chi connectivity index (χ2n) is 7.39.